The number of nitrogens with one attached hydrogen (secondary N) is 1. The molecule has 43 heavy (non-hydrogen) atoms. The summed E-state index contributed by atoms with van der Waals surface area (Å²) < 4.78 is 23.9. The Kier molecular flexibility index (Phi) is 8.50. The lowest BCUT2D eigenvalue weighted by Crippen LogP contribution is -2.36. The maximum Gasteiger partial charge on any atom is 0.161 e. The van der Waals surface area contributed by atoms with Crippen molar-refractivity contribution in [2.24, 2.45) is 0 Å². The zero-order chi connectivity index (χ0) is 29.8. The van der Waals surface area contributed by atoms with E-state index in [9.17, 15) is 9.59 Å². The lowest BCUT2D eigenvalue weighted by molar-refractivity contribution is -0.117. The van der Waals surface area contributed by atoms with Crippen molar-refractivity contribution in [1.82, 2.24) is 5.32 Å². The van der Waals surface area contributed by atoms with Gasteiger partial charge >= 0.3 is 0 Å². The number of ketones is 2. The van der Waals surface area contributed by atoms with Crippen LogP contribution in [0.25, 0.3) is 0 Å². The second-order valence-corrected chi connectivity index (χ2v) is 11.1. The number of carbonyl (C=O) groups is 2. The molecule has 7 nitrogen and oxygen atoms in total. The number of rotatable bonds is 10. The highest BCUT2D eigenvalue weighted by Gasteiger charge is 2.40. The Labute approximate surface area is 252 Å². The SMILES string of the molecule is CCOc1cc(COc2ccc(C3C4=C(CCCC4=O)NC4=C3C(=O)CCC4)cc2OC)ccc1OCc1ccccc1. The van der Waals surface area contributed by atoms with E-state index >= 15 is 0 Å². The maximum atomic E-state index is 13.2. The van der Waals surface area contributed by atoms with Gasteiger partial charge in [-0.1, -0.05) is 42.5 Å². The first kappa shape index (κ1) is 28.6. The van der Waals surface area contributed by atoms with E-state index in [0.717, 1.165) is 64.9 Å². The molecule has 3 aromatic rings. The molecule has 0 bridgehead atoms. The predicted molar refractivity (Wildman–Crippen MR) is 163 cm³/mol. The van der Waals surface area contributed by atoms with Crippen LogP contribution >= 0.6 is 0 Å². The molecular weight excluding hydrogens is 542 g/mol. The Hall–Kier alpha value is -4.52. The molecule has 1 aliphatic heterocycles. The molecule has 0 fully saturated rings. The molecule has 1 heterocycles. The van der Waals surface area contributed by atoms with Crippen molar-refractivity contribution in [2.75, 3.05) is 13.7 Å². The van der Waals surface area contributed by atoms with Crippen LogP contribution in [-0.4, -0.2) is 25.3 Å². The topological polar surface area (TPSA) is 83.1 Å². The fourth-order valence-corrected chi connectivity index (χ4v) is 6.23. The normalized spacial score (nSPS) is 16.8. The van der Waals surface area contributed by atoms with Gasteiger partial charge in [-0.25, -0.2) is 0 Å². The molecule has 0 spiro atoms. The van der Waals surface area contributed by atoms with Crippen molar-refractivity contribution in [3.8, 4) is 23.0 Å². The first-order valence-corrected chi connectivity index (χ1v) is 15.1. The first-order valence-electron chi connectivity index (χ1n) is 15.1. The third kappa shape index (κ3) is 6.03. The highest BCUT2D eigenvalue weighted by atomic mass is 16.5. The Morgan fingerprint density at radius 1 is 0.674 bits per heavy atom. The van der Waals surface area contributed by atoms with Crippen LogP contribution in [-0.2, 0) is 22.8 Å². The number of ether oxygens (including phenoxy) is 4. The van der Waals surface area contributed by atoms with E-state index in [1.165, 1.54) is 0 Å². The summed E-state index contributed by atoms with van der Waals surface area (Å²) in [7, 11) is 1.60. The van der Waals surface area contributed by atoms with E-state index in [0.29, 0.717) is 55.7 Å². The summed E-state index contributed by atoms with van der Waals surface area (Å²) >= 11 is 0. The molecule has 0 radical (unpaired) electrons. The number of Topliss-reactive ketones (excluding diaryl/α,β-unsaturated/α-hetero) is 2. The molecule has 3 aromatic carbocycles. The third-order valence-corrected chi connectivity index (χ3v) is 8.25. The number of hydrogen-bond donors (Lipinski definition) is 1. The molecular formula is C36H37NO6. The summed E-state index contributed by atoms with van der Waals surface area (Å²) in [4.78, 5) is 26.4. The average molecular weight is 580 g/mol. The second kappa shape index (κ2) is 12.8. The number of methoxy groups -OCH3 is 1. The number of benzene rings is 3. The molecule has 1 N–H and O–H groups in total. The van der Waals surface area contributed by atoms with Gasteiger partial charge in [0.25, 0.3) is 0 Å². The average Bonchev–Trinajstić information content (AvgIpc) is 3.03. The van der Waals surface area contributed by atoms with E-state index in [2.05, 4.69) is 5.32 Å². The Morgan fingerprint density at radius 3 is 1.95 bits per heavy atom. The molecule has 222 valence electrons. The van der Waals surface area contributed by atoms with E-state index in [-0.39, 0.29) is 17.5 Å². The van der Waals surface area contributed by atoms with Crippen molar-refractivity contribution in [2.45, 2.75) is 64.6 Å². The van der Waals surface area contributed by atoms with Crippen molar-refractivity contribution < 1.29 is 28.5 Å². The Bertz CT molecular complexity index is 1550. The molecule has 7 heteroatoms. The summed E-state index contributed by atoms with van der Waals surface area (Å²) in [5.74, 6) is 2.32. The van der Waals surface area contributed by atoms with Crippen molar-refractivity contribution >= 4 is 11.6 Å². The third-order valence-electron chi connectivity index (χ3n) is 8.25. The fraction of sp³-hybridized carbons (Fsp3) is 0.333. The van der Waals surface area contributed by atoms with Gasteiger partial charge in [0.1, 0.15) is 13.2 Å². The van der Waals surface area contributed by atoms with E-state index < -0.39 is 0 Å². The van der Waals surface area contributed by atoms with Crippen LogP contribution in [0.5, 0.6) is 23.0 Å². The minimum atomic E-state index is -0.382. The Morgan fingerprint density at radius 2 is 1.30 bits per heavy atom. The zero-order valence-electron chi connectivity index (χ0n) is 24.7. The van der Waals surface area contributed by atoms with Gasteiger partial charge in [-0.15, -0.1) is 0 Å². The van der Waals surface area contributed by atoms with Crippen LogP contribution in [0.3, 0.4) is 0 Å². The van der Waals surface area contributed by atoms with E-state index in [4.69, 9.17) is 18.9 Å². The Balaban J connectivity index is 1.23. The van der Waals surface area contributed by atoms with Gasteiger partial charge in [0.05, 0.1) is 13.7 Å². The minimum Gasteiger partial charge on any atom is -0.493 e. The lowest BCUT2D eigenvalue weighted by Gasteiger charge is -2.37. The molecule has 0 amide bonds. The second-order valence-electron chi connectivity index (χ2n) is 11.1. The molecule has 2 aliphatic carbocycles. The van der Waals surface area contributed by atoms with E-state index in [1.54, 1.807) is 7.11 Å². The summed E-state index contributed by atoms with van der Waals surface area (Å²) in [6, 6.07) is 21.6. The summed E-state index contributed by atoms with van der Waals surface area (Å²) in [6.07, 6.45) is 4.31. The molecule has 0 saturated carbocycles. The van der Waals surface area contributed by atoms with Crippen LogP contribution in [0.15, 0.2) is 89.3 Å². The fourth-order valence-electron chi connectivity index (χ4n) is 6.23. The van der Waals surface area contributed by atoms with Gasteiger partial charge in [0, 0.05) is 41.3 Å². The van der Waals surface area contributed by atoms with Crippen LogP contribution < -0.4 is 24.3 Å². The maximum absolute atomic E-state index is 13.2. The largest absolute Gasteiger partial charge is 0.493 e. The van der Waals surface area contributed by atoms with Gasteiger partial charge in [0.2, 0.25) is 0 Å². The lowest BCUT2D eigenvalue weighted by atomic mass is 9.71. The quantitative estimate of drug-likeness (QED) is 0.278. The molecule has 6 rings (SSSR count). The summed E-state index contributed by atoms with van der Waals surface area (Å²) in [6.45, 7) is 3.20. The van der Waals surface area contributed by atoms with E-state index in [1.807, 2.05) is 73.7 Å². The first-order chi connectivity index (χ1) is 21.1. The summed E-state index contributed by atoms with van der Waals surface area (Å²) in [5, 5.41) is 3.47. The van der Waals surface area contributed by atoms with Crippen LogP contribution in [0, 0.1) is 0 Å². The van der Waals surface area contributed by atoms with Gasteiger partial charge in [-0.3, -0.25) is 9.59 Å². The van der Waals surface area contributed by atoms with Gasteiger partial charge in [0.15, 0.2) is 34.6 Å². The number of allylic oxidation sites excluding steroid dienone is 4. The molecule has 0 atom stereocenters. The smallest absolute Gasteiger partial charge is 0.161 e. The van der Waals surface area contributed by atoms with Gasteiger partial charge in [-0.05, 0) is 73.6 Å². The highest BCUT2D eigenvalue weighted by Crippen LogP contribution is 2.46. The van der Waals surface area contributed by atoms with Crippen LogP contribution in [0.1, 0.15) is 68.1 Å². The number of hydrogen-bond acceptors (Lipinski definition) is 7. The standard InChI is InChI=1S/C36H37NO6/c1-3-41-33-19-24(15-17-31(33)42-21-23-9-5-4-6-10-23)22-43-30-18-16-25(20-32(30)40-2)34-35-26(11-7-13-28(35)38)37-27-12-8-14-29(39)36(27)34/h4-6,9-10,15-20,34,37H,3,7-8,11-14,21-22H2,1-2H3. The van der Waals surface area contributed by atoms with Gasteiger partial charge in [-0.2, -0.15) is 0 Å². The molecule has 0 saturated heterocycles. The van der Waals surface area contributed by atoms with Crippen molar-refractivity contribution in [1.29, 1.82) is 0 Å². The van der Waals surface area contributed by atoms with Crippen molar-refractivity contribution in [3.05, 3.63) is 106 Å². The number of carbonyl (C=O) groups excluding carboxylic acids is 2. The summed E-state index contributed by atoms with van der Waals surface area (Å²) in [5.41, 5.74) is 6.27. The molecule has 3 aliphatic rings. The zero-order valence-corrected chi connectivity index (χ0v) is 24.7. The monoisotopic (exact) mass is 579 g/mol. The van der Waals surface area contributed by atoms with Crippen LogP contribution in [0.2, 0.25) is 0 Å². The van der Waals surface area contributed by atoms with Crippen LogP contribution in [0.4, 0.5) is 0 Å². The minimum absolute atomic E-state index is 0.115. The van der Waals surface area contributed by atoms with Gasteiger partial charge < -0.3 is 24.3 Å². The number of dihydropyridines is 1. The highest BCUT2D eigenvalue weighted by molar-refractivity contribution is 6.06. The molecule has 0 unspecified atom stereocenters. The predicted octanol–water partition coefficient (Wildman–Crippen LogP) is 6.95. The van der Waals surface area contributed by atoms with Crippen molar-refractivity contribution in [3.63, 3.8) is 0 Å². The molecule has 0 aromatic heterocycles.